The van der Waals surface area contributed by atoms with E-state index in [0.29, 0.717) is 0 Å². The maximum Gasteiger partial charge on any atom is 3.00 e. The first kappa shape index (κ1) is 31.3. The van der Waals surface area contributed by atoms with Gasteiger partial charge >= 0.3 is 101 Å². The smallest absolute Gasteiger partial charge is 0.870 e. The molecule has 0 saturated heterocycles. The second-order valence-electron chi connectivity index (χ2n) is 0.250. The van der Waals surface area contributed by atoms with E-state index in [0.717, 1.165) is 0 Å². The fourth-order valence-electron chi connectivity index (χ4n) is 0. The molecule has 0 spiro atoms. The molecule has 0 aromatic carbocycles. The van der Waals surface area contributed by atoms with Crippen molar-refractivity contribution in [1.82, 2.24) is 0 Å². The summed E-state index contributed by atoms with van der Waals surface area (Å²) < 4.78 is 0. The summed E-state index contributed by atoms with van der Waals surface area (Å²) in [4.78, 5) is 8.33. The van der Waals surface area contributed by atoms with E-state index in [1.165, 1.54) is 0 Å². The average Bonchev–Trinajstić information content (AvgIpc) is 0.811. The van der Waals surface area contributed by atoms with Gasteiger partial charge in [0.25, 0.3) is 0 Å². The minimum Gasteiger partial charge on any atom is -0.870 e. The Hall–Kier alpha value is 2.50. The van der Waals surface area contributed by atoms with Gasteiger partial charge in [0.15, 0.2) is 0 Å². The molecule has 1 N–H and O–H groups in total. The zero-order chi connectivity index (χ0) is 3.58. The SMILES string of the molecule is O=C([O-])[O-].[Al+3].[Ca+2].[OH-].[Sr+2]. The van der Waals surface area contributed by atoms with E-state index in [9.17, 15) is 0 Å². The molecule has 0 fully saturated rings. The summed E-state index contributed by atoms with van der Waals surface area (Å²) in [6.07, 6.45) is -2.33. The third kappa shape index (κ3) is 76.4. The normalized spacial score (nSPS) is 3.00. The molecule has 8 heavy (non-hydrogen) atoms. The van der Waals surface area contributed by atoms with Crippen molar-refractivity contribution in [3.63, 3.8) is 0 Å². The number of carbonyl (C=O) groups excluding carboxylic acids is 1. The summed E-state index contributed by atoms with van der Waals surface area (Å²) in [5, 5.41) is 16.7. The Morgan fingerprint density at radius 3 is 1.25 bits per heavy atom. The van der Waals surface area contributed by atoms with Gasteiger partial charge in [0.2, 0.25) is 0 Å². The molecule has 0 unspecified atom stereocenters. The van der Waals surface area contributed by atoms with Gasteiger partial charge < -0.3 is 20.5 Å². The summed E-state index contributed by atoms with van der Waals surface area (Å²) in [7, 11) is 0. The summed E-state index contributed by atoms with van der Waals surface area (Å²) in [5.41, 5.74) is 0. The van der Waals surface area contributed by atoms with Crippen LogP contribution >= 0.6 is 0 Å². The van der Waals surface area contributed by atoms with Crippen LogP contribution in [0.1, 0.15) is 0 Å². The van der Waals surface area contributed by atoms with Crippen molar-refractivity contribution < 1.29 is 20.5 Å². The molecule has 0 radical (unpaired) electrons. The van der Waals surface area contributed by atoms with Crippen LogP contribution in [0.5, 0.6) is 0 Å². The second-order valence-corrected chi connectivity index (χ2v) is 0.250. The number of hydrogen-bond donors (Lipinski definition) is 0. The second kappa shape index (κ2) is 22.7. The van der Waals surface area contributed by atoms with Crippen LogP contribution in [0, 0.1) is 0 Å². The Morgan fingerprint density at radius 1 is 1.25 bits per heavy atom. The molecule has 0 aliphatic heterocycles. The number of carbonyl (C=O) groups is 1. The Kier molecular flexibility index (Phi) is 88.8. The van der Waals surface area contributed by atoms with Crippen molar-refractivity contribution in [2.24, 2.45) is 0 Å². The molecule has 0 aromatic rings. The summed E-state index contributed by atoms with van der Waals surface area (Å²) in [6.45, 7) is 0. The van der Waals surface area contributed by atoms with Crippen LogP contribution in [0.25, 0.3) is 0 Å². The monoisotopic (exact) mass is 232 g/mol. The van der Waals surface area contributed by atoms with Gasteiger partial charge in [-0.1, -0.05) is 0 Å². The van der Waals surface area contributed by atoms with Gasteiger partial charge in [0.05, 0.1) is 0 Å². The molecule has 0 amide bonds. The predicted molar refractivity (Wildman–Crippen MR) is 24.6 cm³/mol. The number of carboxylic acid groups (broad SMARTS) is 2. The maximum absolute atomic E-state index is 8.33. The third-order valence-corrected chi connectivity index (χ3v) is 0. The predicted octanol–water partition coefficient (Wildman–Crippen LogP) is -3.77. The first-order valence-electron chi connectivity index (χ1n) is 0.612. The number of rotatable bonds is 0. The van der Waals surface area contributed by atoms with Gasteiger partial charge in [-0.05, 0) is 6.16 Å². The van der Waals surface area contributed by atoms with E-state index in [1.807, 2.05) is 0 Å². The van der Waals surface area contributed by atoms with Gasteiger partial charge in [0, 0.05) is 0 Å². The molecule has 7 heteroatoms. The molecule has 0 rings (SSSR count). The minimum absolute atomic E-state index is 0. The van der Waals surface area contributed by atoms with E-state index < -0.39 is 6.16 Å². The number of hydrogen-bond acceptors (Lipinski definition) is 4. The first-order chi connectivity index (χ1) is 1.73. The quantitative estimate of drug-likeness (QED) is 0.400. The van der Waals surface area contributed by atoms with Gasteiger partial charge in [-0.25, -0.2) is 0 Å². The zero-order valence-electron chi connectivity index (χ0n) is 4.16. The molecule has 0 aliphatic carbocycles. The van der Waals surface area contributed by atoms with Gasteiger partial charge in [0.1, 0.15) is 0 Å². The standard InChI is InChI=1S/CH2O3.Al.Ca.H2O.Sr/c2-1(3)4;;;;/h(H2,2,3,4);;;1H2;/q;+3;+2;;+2/p-3. The topological polar surface area (TPSA) is 93.2 Å². The third-order valence-electron chi connectivity index (χ3n) is 0. The molecule has 0 heterocycles. The van der Waals surface area contributed by atoms with Crippen molar-refractivity contribution in [1.29, 1.82) is 0 Å². The van der Waals surface area contributed by atoms with Crippen molar-refractivity contribution in [2.45, 2.75) is 0 Å². The van der Waals surface area contributed by atoms with E-state index in [1.54, 1.807) is 0 Å². The van der Waals surface area contributed by atoms with Crippen LogP contribution < -0.4 is 10.2 Å². The molecule has 0 aliphatic rings. The van der Waals surface area contributed by atoms with Crippen LogP contribution in [-0.4, -0.2) is 112 Å². The zero-order valence-corrected chi connectivity index (χ0v) is 11.0. The molecule has 4 nitrogen and oxygen atoms in total. The average molecular weight is 232 g/mol. The first-order valence-corrected chi connectivity index (χ1v) is 0.612. The van der Waals surface area contributed by atoms with Crippen molar-refractivity contribution in [2.75, 3.05) is 0 Å². The Bertz CT molecular complexity index is 39.0. The molecular weight excluding hydrogens is 231 g/mol. The molecular formula is CHAlCaO4Sr+4. The summed E-state index contributed by atoms with van der Waals surface area (Å²) in [5.74, 6) is 0. The van der Waals surface area contributed by atoms with Crippen molar-refractivity contribution >= 4 is 107 Å². The van der Waals surface area contributed by atoms with Gasteiger partial charge in [-0.3, -0.25) is 0 Å². The van der Waals surface area contributed by atoms with Crippen molar-refractivity contribution in [3.8, 4) is 0 Å². The maximum atomic E-state index is 8.33. The largest absolute Gasteiger partial charge is 3.00 e. The van der Waals surface area contributed by atoms with E-state index in [4.69, 9.17) is 15.0 Å². The molecule has 32 valence electrons. The van der Waals surface area contributed by atoms with Crippen LogP contribution in [0.3, 0.4) is 0 Å². The summed E-state index contributed by atoms with van der Waals surface area (Å²) >= 11 is 0. The molecule has 0 saturated carbocycles. The minimum atomic E-state index is -2.33. The van der Waals surface area contributed by atoms with E-state index in [2.05, 4.69) is 0 Å². The summed E-state index contributed by atoms with van der Waals surface area (Å²) in [6, 6.07) is 0. The Labute approximate surface area is 124 Å². The Balaban J connectivity index is -0.00000000750. The fourth-order valence-corrected chi connectivity index (χ4v) is 0. The van der Waals surface area contributed by atoms with E-state index >= 15 is 0 Å². The Morgan fingerprint density at radius 2 is 1.25 bits per heavy atom. The molecule has 0 atom stereocenters. The molecule has 0 bridgehead atoms. The fraction of sp³-hybridized carbons (Fsp3) is 0. The van der Waals surface area contributed by atoms with Crippen LogP contribution in [-0.2, 0) is 0 Å². The van der Waals surface area contributed by atoms with Crippen LogP contribution in [0.2, 0.25) is 0 Å². The van der Waals surface area contributed by atoms with E-state index in [-0.39, 0.29) is 106 Å². The van der Waals surface area contributed by atoms with Crippen LogP contribution in [0.4, 0.5) is 4.79 Å². The van der Waals surface area contributed by atoms with Gasteiger partial charge in [-0.15, -0.1) is 0 Å². The van der Waals surface area contributed by atoms with Crippen molar-refractivity contribution in [3.05, 3.63) is 0 Å². The molecule has 0 aromatic heterocycles. The van der Waals surface area contributed by atoms with Crippen LogP contribution in [0.15, 0.2) is 0 Å². The van der Waals surface area contributed by atoms with Gasteiger partial charge in [-0.2, -0.15) is 0 Å².